The molecular formula is C9H14ClN3O2. The number of carbonyl (C=O) groups is 1. The van der Waals surface area contributed by atoms with Crippen molar-refractivity contribution in [1.82, 2.24) is 5.32 Å². The highest BCUT2D eigenvalue weighted by Crippen LogP contribution is 1.91. The second-order valence-electron chi connectivity index (χ2n) is 3.02. The Morgan fingerprint density at radius 2 is 2.33 bits per heavy atom. The minimum atomic E-state index is -0.404. The summed E-state index contributed by atoms with van der Waals surface area (Å²) < 4.78 is 0.526. The Morgan fingerprint density at radius 3 is 2.87 bits per heavy atom. The van der Waals surface area contributed by atoms with Gasteiger partial charge in [0, 0.05) is 24.7 Å². The first-order valence-electron chi connectivity index (χ1n) is 4.34. The van der Waals surface area contributed by atoms with Crippen LogP contribution in [-0.2, 0) is 0 Å². The average molecular weight is 232 g/mol. The fourth-order valence-electron chi connectivity index (χ4n) is 0.961. The van der Waals surface area contributed by atoms with Crippen molar-refractivity contribution >= 4 is 18.3 Å². The van der Waals surface area contributed by atoms with E-state index in [9.17, 15) is 10.0 Å². The molecule has 1 aromatic heterocycles. The molecule has 0 spiro atoms. The molecule has 0 aliphatic heterocycles. The number of pyridine rings is 1. The van der Waals surface area contributed by atoms with E-state index in [1.807, 2.05) is 0 Å². The van der Waals surface area contributed by atoms with Crippen LogP contribution < -0.4 is 15.8 Å². The van der Waals surface area contributed by atoms with E-state index in [2.05, 4.69) is 5.32 Å². The van der Waals surface area contributed by atoms with E-state index in [0.29, 0.717) is 11.3 Å². The molecule has 0 aliphatic rings. The summed E-state index contributed by atoms with van der Waals surface area (Å²) in [6.45, 7) is 2.12. The van der Waals surface area contributed by atoms with Crippen molar-refractivity contribution < 1.29 is 9.52 Å². The van der Waals surface area contributed by atoms with Crippen LogP contribution in [0.2, 0.25) is 0 Å². The van der Waals surface area contributed by atoms with Crippen LogP contribution in [0.15, 0.2) is 24.4 Å². The van der Waals surface area contributed by atoms with Gasteiger partial charge >= 0.3 is 5.91 Å². The number of aromatic nitrogens is 1. The zero-order valence-corrected chi connectivity index (χ0v) is 9.16. The van der Waals surface area contributed by atoms with Gasteiger partial charge in [-0.3, -0.25) is 4.79 Å². The fourth-order valence-corrected chi connectivity index (χ4v) is 0.961. The van der Waals surface area contributed by atoms with Gasteiger partial charge in [-0.25, -0.2) is 0 Å². The van der Waals surface area contributed by atoms with E-state index in [0.717, 1.165) is 0 Å². The third-order valence-corrected chi connectivity index (χ3v) is 1.79. The minimum absolute atomic E-state index is 0. The van der Waals surface area contributed by atoms with Crippen LogP contribution >= 0.6 is 12.4 Å². The zero-order valence-electron chi connectivity index (χ0n) is 8.34. The molecule has 1 atom stereocenters. The molecule has 0 unspecified atom stereocenters. The van der Waals surface area contributed by atoms with Crippen LogP contribution in [-0.4, -0.2) is 18.5 Å². The van der Waals surface area contributed by atoms with Crippen LogP contribution in [0.3, 0.4) is 0 Å². The lowest BCUT2D eigenvalue weighted by molar-refractivity contribution is -0.607. The summed E-state index contributed by atoms with van der Waals surface area (Å²) in [5.41, 5.74) is 5.41. The lowest BCUT2D eigenvalue weighted by atomic mass is 10.3. The fraction of sp³-hybridized carbons (Fsp3) is 0.333. The summed E-state index contributed by atoms with van der Waals surface area (Å²) in [7, 11) is 0. The summed E-state index contributed by atoms with van der Waals surface area (Å²) in [6.07, 6.45) is 1.28. The predicted octanol–water partition coefficient (Wildman–Crippen LogP) is -0.181. The molecule has 0 aliphatic carbocycles. The molecule has 0 saturated heterocycles. The Hall–Kier alpha value is -1.33. The normalized spacial score (nSPS) is 11.3. The highest BCUT2D eigenvalue weighted by Gasteiger charge is 2.15. The average Bonchev–Trinajstić information content (AvgIpc) is 2.18. The van der Waals surface area contributed by atoms with Crippen LogP contribution in [0.5, 0.6) is 0 Å². The number of nitrogens with two attached hydrogens (primary N) is 1. The first-order valence-corrected chi connectivity index (χ1v) is 4.34. The van der Waals surface area contributed by atoms with Crippen LogP contribution in [0.4, 0.5) is 0 Å². The maximum absolute atomic E-state index is 11.4. The van der Waals surface area contributed by atoms with Crippen molar-refractivity contribution in [3.63, 3.8) is 0 Å². The topological polar surface area (TPSA) is 82.1 Å². The first kappa shape index (κ1) is 13.7. The molecule has 1 amide bonds. The Kier molecular flexibility index (Phi) is 5.66. The zero-order chi connectivity index (χ0) is 10.6. The summed E-state index contributed by atoms with van der Waals surface area (Å²) in [6, 6.07) is 4.53. The van der Waals surface area contributed by atoms with E-state index in [-0.39, 0.29) is 24.1 Å². The number of rotatable bonds is 3. The monoisotopic (exact) mass is 231 g/mol. The molecule has 5 nitrogen and oxygen atoms in total. The van der Waals surface area contributed by atoms with Crippen molar-refractivity contribution in [2.75, 3.05) is 6.54 Å². The summed E-state index contributed by atoms with van der Waals surface area (Å²) >= 11 is 0. The van der Waals surface area contributed by atoms with Crippen LogP contribution in [0.25, 0.3) is 0 Å². The highest BCUT2D eigenvalue weighted by molar-refractivity contribution is 5.91. The van der Waals surface area contributed by atoms with Crippen molar-refractivity contribution in [2.24, 2.45) is 5.73 Å². The molecule has 84 valence electrons. The van der Waals surface area contributed by atoms with Gasteiger partial charge in [-0.15, -0.1) is 12.4 Å². The lowest BCUT2D eigenvalue weighted by Gasteiger charge is -2.10. The van der Waals surface area contributed by atoms with Crippen molar-refractivity contribution in [1.29, 1.82) is 0 Å². The number of hydrogen-bond donors (Lipinski definition) is 2. The maximum atomic E-state index is 11.4. The molecule has 0 saturated carbocycles. The highest BCUT2D eigenvalue weighted by atomic mass is 35.5. The van der Waals surface area contributed by atoms with E-state index in [1.165, 1.54) is 12.3 Å². The van der Waals surface area contributed by atoms with Gasteiger partial charge in [0.05, 0.1) is 0 Å². The van der Waals surface area contributed by atoms with Gasteiger partial charge in [0.2, 0.25) is 0 Å². The molecule has 3 N–H and O–H groups in total. The Bertz CT molecular complexity index is 333. The van der Waals surface area contributed by atoms with Crippen LogP contribution in [0, 0.1) is 5.21 Å². The van der Waals surface area contributed by atoms with Gasteiger partial charge in [0.25, 0.3) is 5.69 Å². The standard InChI is InChI=1S/C9H13N3O2.ClH/c1-7(6-10)11-9(13)8-4-2-3-5-12(8)14;/h2-5,7H,6,10H2,1H3,(H,11,13);1H/t7-;/m0./s1. The SMILES string of the molecule is C[C@@H](CN)NC(=O)c1cccc[n+]1[O-].Cl. The summed E-state index contributed by atoms with van der Waals surface area (Å²) in [5.74, 6) is -0.404. The number of nitrogens with one attached hydrogen (secondary N) is 1. The maximum Gasteiger partial charge on any atom is 0.317 e. The van der Waals surface area contributed by atoms with E-state index >= 15 is 0 Å². The molecule has 1 rings (SSSR count). The van der Waals surface area contributed by atoms with Gasteiger partial charge in [-0.1, -0.05) is 0 Å². The number of nitrogens with zero attached hydrogens (tertiary/aromatic N) is 1. The molecule has 6 heteroatoms. The first-order chi connectivity index (χ1) is 6.65. The van der Waals surface area contributed by atoms with E-state index in [4.69, 9.17) is 5.73 Å². The Balaban J connectivity index is 0.00000196. The van der Waals surface area contributed by atoms with Crippen molar-refractivity contribution in [3.05, 3.63) is 35.3 Å². The number of carbonyl (C=O) groups excluding carboxylic acids is 1. The molecular weight excluding hydrogens is 218 g/mol. The van der Waals surface area contributed by atoms with Crippen LogP contribution in [0.1, 0.15) is 17.4 Å². The van der Waals surface area contributed by atoms with E-state index in [1.54, 1.807) is 19.1 Å². The second-order valence-corrected chi connectivity index (χ2v) is 3.02. The minimum Gasteiger partial charge on any atom is -0.618 e. The molecule has 1 heterocycles. The molecule has 15 heavy (non-hydrogen) atoms. The number of halogens is 1. The lowest BCUT2D eigenvalue weighted by Crippen LogP contribution is -2.44. The van der Waals surface area contributed by atoms with Gasteiger partial charge < -0.3 is 16.3 Å². The van der Waals surface area contributed by atoms with Gasteiger partial charge in [-0.05, 0) is 13.0 Å². The third kappa shape index (κ3) is 3.73. The van der Waals surface area contributed by atoms with Crippen molar-refractivity contribution in [2.45, 2.75) is 13.0 Å². The molecule has 0 bridgehead atoms. The smallest absolute Gasteiger partial charge is 0.317 e. The molecule has 1 aromatic rings. The molecule has 0 radical (unpaired) electrons. The molecule has 0 aromatic carbocycles. The number of hydrogen-bond acceptors (Lipinski definition) is 3. The van der Waals surface area contributed by atoms with Gasteiger partial charge in [0.1, 0.15) is 0 Å². The Morgan fingerprint density at radius 1 is 1.67 bits per heavy atom. The number of amides is 1. The summed E-state index contributed by atoms with van der Waals surface area (Å²) in [5, 5.41) is 13.8. The quantitative estimate of drug-likeness (QED) is 0.559. The van der Waals surface area contributed by atoms with Crippen molar-refractivity contribution in [3.8, 4) is 0 Å². The largest absolute Gasteiger partial charge is 0.618 e. The second kappa shape index (κ2) is 6.21. The third-order valence-electron chi connectivity index (χ3n) is 1.79. The summed E-state index contributed by atoms with van der Waals surface area (Å²) in [4.78, 5) is 11.4. The van der Waals surface area contributed by atoms with Gasteiger partial charge in [0.15, 0.2) is 6.20 Å². The molecule has 0 fully saturated rings. The van der Waals surface area contributed by atoms with Gasteiger partial charge in [-0.2, -0.15) is 4.73 Å². The van der Waals surface area contributed by atoms with E-state index < -0.39 is 5.91 Å². The Labute approximate surface area is 94.3 Å². The predicted molar refractivity (Wildman–Crippen MR) is 58.6 cm³/mol.